The zero-order valence-corrected chi connectivity index (χ0v) is 9.50. The predicted octanol–water partition coefficient (Wildman–Crippen LogP) is 0.831. The van der Waals surface area contributed by atoms with Gasteiger partial charge in [-0.3, -0.25) is 0 Å². The van der Waals surface area contributed by atoms with Crippen molar-refractivity contribution in [2.75, 3.05) is 26.7 Å². The van der Waals surface area contributed by atoms with Gasteiger partial charge in [-0.25, -0.2) is 0 Å². The monoisotopic (exact) mass is 200 g/mol. The third kappa shape index (κ3) is 3.95. The molecule has 0 amide bonds. The number of hydrogen-bond donors (Lipinski definition) is 2. The zero-order chi connectivity index (χ0) is 10.4. The first kappa shape index (κ1) is 12.0. The van der Waals surface area contributed by atoms with Crippen LogP contribution in [0.3, 0.4) is 0 Å². The van der Waals surface area contributed by atoms with Gasteiger partial charge < -0.3 is 15.3 Å². The number of hydrogen-bond acceptors (Lipinski definition) is 3. The minimum Gasteiger partial charge on any atom is -0.392 e. The zero-order valence-electron chi connectivity index (χ0n) is 9.50. The standard InChI is InChI=1S/C11H24N2O/c1-3-11(14)9-13(2)10-5-4-7-12-8-6-10/h10-12,14H,3-9H2,1-2H3. The van der Waals surface area contributed by atoms with E-state index in [2.05, 4.69) is 17.3 Å². The van der Waals surface area contributed by atoms with Crippen LogP contribution in [-0.2, 0) is 0 Å². The number of nitrogens with one attached hydrogen (secondary N) is 1. The van der Waals surface area contributed by atoms with Gasteiger partial charge in [0, 0.05) is 12.6 Å². The quantitative estimate of drug-likeness (QED) is 0.705. The highest BCUT2D eigenvalue weighted by Gasteiger charge is 2.18. The number of rotatable bonds is 4. The van der Waals surface area contributed by atoms with Crippen LogP contribution >= 0.6 is 0 Å². The fourth-order valence-corrected chi connectivity index (χ4v) is 2.05. The van der Waals surface area contributed by atoms with Gasteiger partial charge in [0.2, 0.25) is 0 Å². The van der Waals surface area contributed by atoms with Gasteiger partial charge in [0.15, 0.2) is 0 Å². The lowest BCUT2D eigenvalue weighted by Gasteiger charge is -2.28. The number of aliphatic hydroxyl groups excluding tert-OH is 1. The van der Waals surface area contributed by atoms with E-state index in [1.54, 1.807) is 0 Å². The number of aliphatic hydroxyl groups is 1. The highest BCUT2D eigenvalue weighted by Crippen LogP contribution is 2.12. The van der Waals surface area contributed by atoms with E-state index in [1.165, 1.54) is 19.3 Å². The van der Waals surface area contributed by atoms with E-state index < -0.39 is 0 Å². The molecular formula is C11H24N2O. The van der Waals surface area contributed by atoms with Gasteiger partial charge in [0.25, 0.3) is 0 Å². The van der Waals surface area contributed by atoms with Crippen LogP contribution < -0.4 is 5.32 Å². The van der Waals surface area contributed by atoms with Crippen LogP contribution in [0.2, 0.25) is 0 Å². The summed E-state index contributed by atoms with van der Waals surface area (Å²) >= 11 is 0. The van der Waals surface area contributed by atoms with E-state index in [0.717, 1.165) is 26.1 Å². The molecule has 2 unspecified atom stereocenters. The Kier molecular flexibility index (Phi) is 5.45. The van der Waals surface area contributed by atoms with Crippen LogP contribution in [-0.4, -0.2) is 48.8 Å². The molecule has 3 heteroatoms. The summed E-state index contributed by atoms with van der Waals surface area (Å²) in [5, 5.41) is 13.0. The maximum Gasteiger partial charge on any atom is 0.0664 e. The minimum absolute atomic E-state index is 0.156. The van der Waals surface area contributed by atoms with Crippen molar-refractivity contribution in [2.24, 2.45) is 0 Å². The predicted molar refractivity (Wildman–Crippen MR) is 59.4 cm³/mol. The molecule has 2 N–H and O–H groups in total. The molecule has 0 radical (unpaired) electrons. The lowest BCUT2D eigenvalue weighted by Crippen LogP contribution is -2.37. The van der Waals surface area contributed by atoms with Gasteiger partial charge in [-0.1, -0.05) is 6.92 Å². The summed E-state index contributed by atoms with van der Waals surface area (Å²) in [6.45, 7) is 5.13. The van der Waals surface area contributed by atoms with Crippen molar-refractivity contribution in [1.82, 2.24) is 10.2 Å². The highest BCUT2D eigenvalue weighted by molar-refractivity contribution is 4.75. The van der Waals surface area contributed by atoms with Gasteiger partial charge in [-0.05, 0) is 45.8 Å². The molecule has 1 fully saturated rings. The second-order valence-corrected chi connectivity index (χ2v) is 4.34. The molecule has 0 aromatic rings. The maximum atomic E-state index is 9.57. The third-order valence-electron chi connectivity index (χ3n) is 3.14. The molecule has 0 aliphatic carbocycles. The molecule has 84 valence electrons. The second kappa shape index (κ2) is 6.38. The third-order valence-corrected chi connectivity index (χ3v) is 3.14. The average Bonchev–Trinajstić information content (AvgIpc) is 2.45. The average molecular weight is 200 g/mol. The molecule has 1 saturated heterocycles. The molecule has 1 rings (SSSR count). The fraction of sp³-hybridized carbons (Fsp3) is 1.00. The fourth-order valence-electron chi connectivity index (χ4n) is 2.05. The number of nitrogens with zero attached hydrogens (tertiary/aromatic N) is 1. The topological polar surface area (TPSA) is 35.5 Å². The lowest BCUT2D eigenvalue weighted by atomic mass is 10.1. The Bertz CT molecular complexity index is 144. The molecule has 0 saturated carbocycles. The van der Waals surface area contributed by atoms with Crippen molar-refractivity contribution in [3.05, 3.63) is 0 Å². The molecule has 3 nitrogen and oxygen atoms in total. The van der Waals surface area contributed by atoms with Crippen molar-refractivity contribution in [2.45, 2.75) is 44.8 Å². The van der Waals surface area contributed by atoms with E-state index in [1.807, 2.05) is 6.92 Å². The van der Waals surface area contributed by atoms with Crippen molar-refractivity contribution >= 4 is 0 Å². The van der Waals surface area contributed by atoms with Crippen molar-refractivity contribution in [3.63, 3.8) is 0 Å². The summed E-state index contributed by atoms with van der Waals surface area (Å²) in [5.41, 5.74) is 0. The molecule has 0 aromatic carbocycles. The Labute approximate surface area is 87.5 Å². The molecule has 14 heavy (non-hydrogen) atoms. The summed E-state index contributed by atoms with van der Waals surface area (Å²) in [6.07, 6.45) is 4.44. The second-order valence-electron chi connectivity index (χ2n) is 4.34. The van der Waals surface area contributed by atoms with Crippen molar-refractivity contribution < 1.29 is 5.11 Å². The molecule has 0 spiro atoms. The van der Waals surface area contributed by atoms with Crippen molar-refractivity contribution in [3.8, 4) is 0 Å². The molecule has 0 bridgehead atoms. The van der Waals surface area contributed by atoms with Crippen LogP contribution in [0.1, 0.15) is 32.6 Å². The Morgan fingerprint density at radius 1 is 1.43 bits per heavy atom. The Hall–Kier alpha value is -0.120. The van der Waals surface area contributed by atoms with E-state index in [0.29, 0.717) is 6.04 Å². The maximum absolute atomic E-state index is 9.57. The summed E-state index contributed by atoms with van der Waals surface area (Å²) in [7, 11) is 2.13. The van der Waals surface area contributed by atoms with Crippen LogP contribution in [0.4, 0.5) is 0 Å². The Morgan fingerprint density at radius 2 is 2.21 bits per heavy atom. The normalized spacial score (nSPS) is 26.1. The van der Waals surface area contributed by atoms with Gasteiger partial charge in [-0.2, -0.15) is 0 Å². The Balaban J connectivity index is 2.30. The largest absolute Gasteiger partial charge is 0.392 e. The van der Waals surface area contributed by atoms with Crippen LogP contribution in [0.15, 0.2) is 0 Å². The van der Waals surface area contributed by atoms with Crippen LogP contribution in [0, 0.1) is 0 Å². The first-order chi connectivity index (χ1) is 6.74. The van der Waals surface area contributed by atoms with Crippen LogP contribution in [0.25, 0.3) is 0 Å². The molecule has 1 aliphatic rings. The first-order valence-electron chi connectivity index (χ1n) is 5.83. The molecule has 1 aliphatic heterocycles. The van der Waals surface area contributed by atoms with E-state index in [4.69, 9.17) is 0 Å². The molecule has 2 atom stereocenters. The SMILES string of the molecule is CCC(O)CN(C)C1CCCNCC1. The van der Waals surface area contributed by atoms with E-state index >= 15 is 0 Å². The minimum atomic E-state index is -0.156. The summed E-state index contributed by atoms with van der Waals surface area (Å²) in [5.74, 6) is 0. The highest BCUT2D eigenvalue weighted by atomic mass is 16.3. The molecular weight excluding hydrogens is 176 g/mol. The van der Waals surface area contributed by atoms with E-state index in [9.17, 15) is 5.11 Å². The Morgan fingerprint density at radius 3 is 2.93 bits per heavy atom. The van der Waals surface area contributed by atoms with Gasteiger partial charge in [0.1, 0.15) is 0 Å². The van der Waals surface area contributed by atoms with E-state index in [-0.39, 0.29) is 6.10 Å². The number of likely N-dealkylation sites (N-methyl/N-ethyl adjacent to an activating group) is 1. The summed E-state index contributed by atoms with van der Waals surface area (Å²) in [4.78, 5) is 2.32. The molecule has 0 aromatic heterocycles. The summed E-state index contributed by atoms with van der Waals surface area (Å²) in [6, 6.07) is 0.659. The smallest absolute Gasteiger partial charge is 0.0664 e. The van der Waals surface area contributed by atoms with Gasteiger partial charge >= 0.3 is 0 Å². The van der Waals surface area contributed by atoms with Gasteiger partial charge in [-0.15, -0.1) is 0 Å². The van der Waals surface area contributed by atoms with Crippen LogP contribution in [0.5, 0.6) is 0 Å². The summed E-state index contributed by atoms with van der Waals surface area (Å²) < 4.78 is 0. The van der Waals surface area contributed by atoms with Crippen molar-refractivity contribution in [1.29, 1.82) is 0 Å². The first-order valence-corrected chi connectivity index (χ1v) is 5.83. The lowest BCUT2D eigenvalue weighted by molar-refractivity contribution is 0.0970. The van der Waals surface area contributed by atoms with Gasteiger partial charge in [0.05, 0.1) is 6.10 Å². The molecule has 1 heterocycles.